The second-order valence-corrected chi connectivity index (χ2v) is 6.42. The van der Waals surface area contributed by atoms with Gasteiger partial charge in [-0.15, -0.1) is 11.3 Å². The zero-order valence-corrected chi connectivity index (χ0v) is 13.3. The van der Waals surface area contributed by atoms with Crippen molar-refractivity contribution >= 4 is 61.3 Å². The first-order valence-electron chi connectivity index (χ1n) is 5.26. The average Bonchev–Trinajstić information content (AvgIpc) is 2.82. The number of thiophene rings is 1. The number of fused-ring (bicyclic) bond motifs is 1. The Morgan fingerprint density at radius 3 is 2.95 bits per heavy atom. The van der Waals surface area contributed by atoms with E-state index in [1.54, 1.807) is 24.3 Å². The summed E-state index contributed by atoms with van der Waals surface area (Å²) in [5.74, 6) is 0. The Morgan fingerprint density at radius 1 is 1.37 bits per heavy atom. The molecule has 0 amide bonds. The lowest BCUT2D eigenvalue weighted by Crippen LogP contribution is -2.20. The number of nitrogens with zero attached hydrogens (tertiary/aromatic N) is 1. The van der Waals surface area contributed by atoms with Gasteiger partial charge in [-0.05, 0) is 57.8 Å². The number of halogens is 2. The van der Waals surface area contributed by atoms with Crippen LogP contribution in [0.5, 0.6) is 0 Å². The van der Waals surface area contributed by atoms with Gasteiger partial charge in [0.15, 0.2) is 4.77 Å². The van der Waals surface area contributed by atoms with Crippen LogP contribution in [0.15, 0.2) is 38.9 Å². The van der Waals surface area contributed by atoms with Gasteiger partial charge in [0, 0.05) is 9.50 Å². The number of aromatic nitrogens is 2. The fourth-order valence-electron chi connectivity index (χ4n) is 1.82. The first-order chi connectivity index (χ1) is 9.08. The highest BCUT2D eigenvalue weighted by atomic mass is 79.9. The minimum absolute atomic E-state index is 0.150. The Hall–Kier alpha value is -0.950. The van der Waals surface area contributed by atoms with Gasteiger partial charge in [-0.1, -0.05) is 11.6 Å². The zero-order chi connectivity index (χ0) is 13.6. The number of nitrogens with one attached hydrogen (secondary N) is 1. The monoisotopic (exact) mass is 372 g/mol. The quantitative estimate of drug-likeness (QED) is 0.637. The molecule has 2 aromatic heterocycles. The summed E-state index contributed by atoms with van der Waals surface area (Å²) in [5.41, 5.74) is 0.481. The van der Waals surface area contributed by atoms with Crippen molar-refractivity contribution in [2.75, 3.05) is 0 Å². The Balaban J connectivity index is 2.46. The van der Waals surface area contributed by atoms with E-state index in [2.05, 4.69) is 20.9 Å². The van der Waals surface area contributed by atoms with Crippen molar-refractivity contribution < 1.29 is 0 Å². The molecule has 0 atom stereocenters. The number of H-pyrrole nitrogens is 1. The van der Waals surface area contributed by atoms with Crippen molar-refractivity contribution in [3.8, 4) is 5.69 Å². The SMILES string of the molecule is O=c1c2ccsc2[nH]c(=S)n1-c1cc(Cl)ccc1Br. The van der Waals surface area contributed by atoms with Gasteiger partial charge in [0.05, 0.1) is 11.1 Å². The molecule has 0 aliphatic carbocycles. The van der Waals surface area contributed by atoms with Crippen molar-refractivity contribution in [2.45, 2.75) is 0 Å². The fourth-order valence-corrected chi connectivity index (χ4v) is 3.53. The molecule has 3 nitrogen and oxygen atoms in total. The summed E-state index contributed by atoms with van der Waals surface area (Å²) >= 11 is 16.1. The maximum Gasteiger partial charge on any atom is 0.267 e. The number of aromatic amines is 1. The summed E-state index contributed by atoms with van der Waals surface area (Å²) in [7, 11) is 0. The average molecular weight is 374 g/mol. The van der Waals surface area contributed by atoms with E-state index in [0.717, 1.165) is 9.30 Å². The van der Waals surface area contributed by atoms with Gasteiger partial charge in [0.2, 0.25) is 0 Å². The maximum absolute atomic E-state index is 12.5. The molecule has 0 radical (unpaired) electrons. The smallest absolute Gasteiger partial charge is 0.267 e. The standard InChI is InChI=1S/C12H6BrClN2OS2/c13-8-2-1-6(14)5-9(8)16-11(17)7-3-4-19-10(7)15-12(16)18/h1-5H,(H,15,18). The number of hydrogen-bond acceptors (Lipinski definition) is 3. The predicted molar refractivity (Wildman–Crippen MR) is 85.3 cm³/mol. The first kappa shape index (κ1) is 13.1. The number of hydrogen-bond donors (Lipinski definition) is 1. The molecular weight excluding hydrogens is 368 g/mol. The van der Waals surface area contributed by atoms with Gasteiger partial charge in [0.1, 0.15) is 4.83 Å². The number of rotatable bonds is 1. The largest absolute Gasteiger partial charge is 0.323 e. The van der Waals surface area contributed by atoms with Crippen LogP contribution in [0.2, 0.25) is 5.02 Å². The van der Waals surface area contributed by atoms with Gasteiger partial charge in [-0.25, -0.2) is 0 Å². The molecule has 0 aliphatic heterocycles. The minimum Gasteiger partial charge on any atom is -0.323 e. The summed E-state index contributed by atoms with van der Waals surface area (Å²) in [4.78, 5) is 16.3. The van der Waals surface area contributed by atoms with E-state index in [-0.39, 0.29) is 5.56 Å². The van der Waals surface area contributed by atoms with Gasteiger partial charge in [-0.2, -0.15) is 0 Å². The molecule has 0 aliphatic rings. The van der Waals surface area contributed by atoms with Gasteiger partial charge in [-0.3, -0.25) is 9.36 Å². The van der Waals surface area contributed by atoms with E-state index < -0.39 is 0 Å². The molecule has 3 rings (SSSR count). The molecule has 0 bridgehead atoms. The molecule has 3 aromatic rings. The van der Waals surface area contributed by atoms with E-state index in [1.807, 2.05) is 5.38 Å². The fraction of sp³-hybridized carbons (Fsp3) is 0. The molecule has 0 fully saturated rings. The Labute approximate surface area is 130 Å². The molecule has 7 heteroatoms. The van der Waals surface area contributed by atoms with Crippen LogP contribution < -0.4 is 5.56 Å². The van der Waals surface area contributed by atoms with Gasteiger partial charge in [0.25, 0.3) is 5.56 Å². The van der Waals surface area contributed by atoms with E-state index in [9.17, 15) is 4.79 Å². The molecule has 0 spiro atoms. The van der Waals surface area contributed by atoms with Crippen LogP contribution in [0.4, 0.5) is 0 Å². The molecule has 1 aromatic carbocycles. The lowest BCUT2D eigenvalue weighted by molar-refractivity contribution is 0.938. The molecule has 96 valence electrons. The highest BCUT2D eigenvalue weighted by Crippen LogP contribution is 2.25. The molecule has 1 N–H and O–H groups in total. The Kier molecular flexibility index (Phi) is 3.34. The zero-order valence-electron chi connectivity index (χ0n) is 9.31. The van der Waals surface area contributed by atoms with E-state index >= 15 is 0 Å². The molecule has 0 saturated carbocycles. The van der Waals surface area contributed by atoms with E-state index in [4.69, 9.17) is 23.8 Å². The Morgan fingerprint density at radius 2 is 2.16 bits per heavy atom. The van der Waals surface area contributed by atoms with Gasteiger partial charge >= 0.3 is 0 Å². The summed E-state index contributed by atoms with van der Waals surface area (Å²) in [6, 6.07) is 7.02. The van der Waals surface area contributed by atoms with Crippen LogP contribution in [0.3, 0.4) is 0 Å². The van der Waals surface area contributed by atoms with Crippen LogP contribution in [-0.2, 0) is 0 Å². The van der Waals surface area contributed by atoms with Crippen molar-refractivity contribution in [1.29, 1.82) is 0 Å². The van der Waals surface area contributed by atoms with Crippen molar-refractivity contribution in [3.63, 3.8) is 0 Å². The molecule has 19 heavy (non-hydrogen) atoms. The van der Waals surface area contributed by atoms with Crippen LogP contribution in [0, 0.1) is 4.77 Å². The Bertz CT molecular complexity index is 897. The van der Waals surface area contributed by atoms with E-state index in [0.29, 0.717) is 20.9 Å². The van der Waals surface area contributed by atoms with Crippen molar-refractivity contribution in [1.82, 2.24) is 9.55 Å². The predicted octanol–water partition coefficient (Wildman–Crippen LogP) is 4.53. The first-order valence-corrected chi connectivity index (χ1v) is 7.72. The van der Waals surface area contributed by atoms with Crippen LogP contribution >= 0.6 is 51.1 Å². The van der Waals surface area contributed by atoms with Crippen LogP contribution in [0.1, 0.15) is 0 Å². The maximum atomic E-state index is 12.5. The summed E-state index contributed by atoms with van der Waals surface area (Å²) in [6.45, 7) is 0. The molecule has 2 heterocycles. The van der Waals surface area contributed by atoms with Crippen molar-refractivity contribution in [3.05, 3.63) is 54.3 Å². The van der Waals surface area contributed by atoms with Crippen molar-refractivity contribution in [2.24, 2.45) is 0 Å². The molecule has 0 saturated heterocycles. The molecule has 0 unspecified atom stereocenters. The second-order valence-electron chi connectivity index (χ2n) is 3.83. The number of benzene rings is 1. The highest BCUT2D eigenvalue weighted by molar-refractivity contribution is 9.10. The summed E-state index contributed by atoms with van der Waals surface area (Å²) in [5, 5.41) is 3.02. The highest BCUT2D eigenvalue weighted by Gasteiger charge is 2.11. The third kappa shape index (κ3) is 2.18. The lowest BCUT2D eigenvalue weighted by Gasteiger charge is -2.09. The topological polar surface area (TPSA) is 37.8 Å². The lowest BCUT2D eigenvalue weighted by atomic mass is 10.3. The second kappa shape index (κ2) is 4.86. The van der Waals surface area contributed by atoms with Crippen LogP contribution in [0.25, 0.3) is 15.9 Å². The van der Waals surface area contributed by atoms with E-state index in [1.165, 1.54) is 15.9 Å². The normalized spacial score (nSPS) is 11.1. The summed E-state index contributed by atoms with van der Waals surface area (Å²) < 4.78 is 2.55. The summed E-state index contributed by atoms with van der Waals surface area (Å²) in [6.07, 6.45) is 0. The van der Waals surface area contributed by atoms with Crippen LogP contribution in [-0.4, -0.2) is 9.55 Å². The van der Waals surface area contributed by atoms with Gasteiger partial charge < -0.3 is 4.98 Å². The minimum atomic E-state index is -0.150. The molecular formula is C12H6BrClN2OS2. The third-order valence-electron chi connectivity index (χ3n) is 2.67. The third-order valence-corrected chi connectivity index (χ3v) is 4.69.